The summed E-state index contributed by atoms with van der Waals surface area (Å²) in [5.74, 6) is -0.0607. The first-order chi connectivity index (χ1) is 7.72. The Hall–Kier alpha value is -1.91. The molecule has 2 aromatic rings. The van der Waals surface area contributed by atoms with Crippen LogP contribution in [0.1, 0.15) is 23.7 Å². The number of aryl methyl sites for hydroxylation is 1. The van der Waals surface area contributed by atoms with Gasteiger partial charge in [0.1, 0.15) is 5.52 Å². The molecule has 0 fully saturated rings. The number of nitrogens with zero attached hydrogens (tertiary/aromatic N) is 3. The minimum atomic E-state index is -0.0607. The normalized spacial score (nSPS) is 10.6. The van der Waals surface area contributed by atoms with Crippen molar-refractivity contribution < 1.29 is 4.79 Å². The average molecular weight is 218 g/mol. The zero-order chi connectivity index (χ0) is 11.5. The topological polar surface area (TPSA) is 59.8 Å². The molecule has 1 amide bonds. The maximum Gasteiger partial charge on any atom is 0.251 e. The van der Waals surface area contributed by atoms with Crippen LogP contribution in [0.15, 0.2) is 18.2 Å². The van der Waals surface area contributed by atoms with Gasteiger partial charge >= 0.3 is 0 Å². The summed E-state index contributed by atoms with van der Waals surface area (Å²) in [6.45, 7) is 2.71. The van der Waals surface area contributed by atoms with Crippen molar-refractivity contribution in [2.45, 2.75) is 13.3 Å². The number of carbonyl (C=O) groups excluding carboxylic acids is 1. The summed E-state index contributed by atoms with van der Waals surface area (Å²) in [7, 11) is 1.83. The van der Waals surface area contributed by atoms with E-state index in [2.05, 4.69) is 15.6 Å². The number of fused-ring (bicyclic) bond motifs is 1. The first kappa shape index (κ1) is 10.6. The zero-order valence-electron chi connectivity index (χ0n) is 9.40. The number of aromatic nitrogens is 3. The van der Waals surface area contributed by atoms with Crippen molar-refractivity contribution in [2.75, 3.05) is 6.54 Å². The predicted molar refractivity (Wildman–Crippen MR) is 61.1 cm³/mol. The summed E-state index contributed by atoms with van der Waals surface area (Å²) in [5, 5.41) is 10.7. The maximum atomic E-state index is 11.7. The number of rotatable bonds is 3. The summed E-state index contributed by atoms with van der Waals surface area (Å²) in [4.78, 5) is 11.7. The van der Waals surface area contributed by atoms with Crippen LogP contribution in [0.2, 0.25) is 0 Å². The van der Waals surface area contributed by atoms with Gasteiger partial charge in [-0.1, -0.05) is 12.1 Å². The summed E-state index contributed by atoms with van der Waals surface area (Å²) in [6.07, 6.45) is 0.930. The van der Waals surface area contributed by atoms with E-state index in [0.29, 0.717) is 12.1 Å². The van der Waals surface area contributed by atoms with Crippen LogP contribution in [0, 0.1) is 0 Å². The van der Waals surface area contributed by atoms with Gasteiger partial charge < -0.3 is 5.32 Å². The lowest BCUT2D eigenvalue weighted by molar-refractivity contribution is 0.0954. The van der Waals surface area contributed by atoms with E-state index < -0.39 is 0 Å². The Kier molecular flexibility index (Phi) is 2.85. The molecule has 0 atom stereocenters. The quantitative estimate of drug-likeness (QED) is 0.839. The summed E-state index contributed by atoms with van der Waals surface area (Å²) >= 11 is 0. The first-order valence-electron chi connectivity index (χ1n) is 5.30. The maximum absolute atomic E-state index is 11.7. The second-order valence-corrected chi connectivity index (χ2v) is 3.67. The standard InChI is InChI=1S/C11H14N4O/c1-3-6-12-11(16)8-4-5-10-9(7-8)13-14-15(10)2/h4-5,7H,3,6H2,1-2H3,(H,12,16). The van der Waals surface area contributed by atoms with Gasteiger partial charge in [0.15, 0.2) is 0 Å². The van der Waals surface area contributed by atoms with Crippen molar-refractivity contribution in [1.82, 2.24) is 20.3 Å². The molecular weight excluding hydrogens is 204 g/mol. The third kappa shape index (κ3) is 1.88. The highest BCUT2D eigenvalue weighted by Crippen LogP contribution is 2.12. The van der Waals surface area contributed by atoms with Gasteiger partial charge in [0.25, 0.3) is 5.91 Å². The molecule has 0 saturated heterocycles. The number of benzene rings is 1. The smallest absolute Gasteiger partial charge is 0.251 e. The van der Waals surface area contributed by atoms with Crippen LogP contribution in [0.5, 0.6) is 0 Å². The number of nitrogens with one attached hydrogen (secondary N) is 1. The molecule has 84 valence electrons. The molecule has 1 N–H and O–H groups in total. The monoisotopic (exact) mass is 218 g/mol. The van der Waals surface area contributed by atoms with E-state index in [0.717, 1.165) is 17.5 Å². The van der Waals surface area contributed by atoms with E-state index >= 15 is 0 Å². The Bertz CT molecular complexity index is 518. The van der Waals surface area contributed by atoms with Crippen molar-refractivity contribution in [3.63, 3.8) is 0 Å². The molecule has 1 heterocycles. The van der Waals surface area contributed by atoms with Gasteiger partial charge in [-0.25, -0.2) is 4.68 Å². The minimum absolute atomic E-state index is 0.0607. The average Bonchev–Trinajstić information content (AvgIpc) is 2.67. The van der Waals surface area contributed by atoms with E-state index in [4.69, 9.17) is 0 Å². The number of carbonyl (C=O) groups is 1. The number of hydrogen-bond acceptors (Lipinski definition) is 3. The fourth-order valence-corrected chi connectivity index (χ4v) is 1.52. The molecule has 1 aromatic heterocycles. The minimum Gasteiger partial charge on any atom is -0.352 e. The first-order valence-corrected chi connectivity index (χ1v) is 5.30. The largest absolute Gasteiger partial charge is 0.352 e. The highest BCUT2D eigenvalue weighted by Gasteiger charge is 2.07. The summed E-state index contributed by atoms with van der Waals surface area (Å²) in [5.41, 5.74) is 2.29. The highest BCUT2D eigenvalue weighted by atomic mass is 16.1. The Labute approximate surface area is 93.4 Å². The molecule has 0 saturated carbocycles. The van der Waals surface area contributed by atoms with Gasteiger partial charge in [-0.2, -0.15) is 0 Å². The molecule has 0 aliphatic rings. The lowest BCUT2D eigenvalue weighted by Gasteiger charge is -2.02. The highest BCUT2D eigenvalue weighted by molar-refractivity contribution is 5.97. The van der Waals surface area contributed by atoms with Gasteiger partial charge in [0.2, 0.25) is 0 Å². The van der Waals surface area contributed by atoms with Crippen LogP contribution in [-0.2, 0) is 7.05 Å². The molecule has 0 aliphatic heterocycles. The van der Waals surface area contributed by atoms with Crippen molar-refractivity contribution >= 4 is 16.9 Å². The second kappa shape index (κ2) is 4.30. The van der Waals surface area contributed by atoms with Gasteiger partial charge in [0.05, 0.1) is 5.52 Å². The second-order valence-electron chi connectivity index (χ2n) is 3.67. The van der Waals surface area contributed by atoms with Gasteiger partial charge in [0, 0.05) is 19.2 Å². The van der Waals surface area contributed by atoms with Crippen molar-refractivity contribution in [3.05, 3.63) is 23.8 Å². The Morgan fingerprint density at radius 2 is 2.31 bits per heavy atom. The molecule has 5 nitrogen and oxygen atoms in total. The van der Waals surface area contributed by atoms with E-state index in [1.165, 1.54) is 0 Å². The van der Waals surface area contributed by atoms with Gasteiger partial charge in [-0.3, -0.25) is 4.79 Å². The molecule has 0 radical (unpaired) electrons. The van der Waals surface area contributed by atoms with E-state index in [1.807, 2.05) is 20.0 Å². The predicted octanol–water partition coefficient (Wildman–Crippen LogP) is 1.11. The van der Waals surface area contributed by atoms with Crippen LogP contribution in [-0.4, -0.2) is 27.4 Å². The Balaban J connectivity index is 2.29. The van der Waals surface area contributed by atoms with E-state index in [1.54, 1.807) is 16.8 Å². The molecule has 1 aromatic carbocycles. The molecule has 0 spiro atoms. The van der Waals surface area contributed by atoms with Crippen molar-refractivity contribution in [1.29, 1.82) is 0 Å². The molecule has 0 bridgehead atoms. The summed E-state index contributed by atoms with van der Waals surface area (Å²) in [6, 6.07) is 5.40. The lowest BCUT2D eigenvalue weighted by atomic mass is 10.2. The van der Waals surface area contributed by atoms with Crippen LogP contribution < -0.4 is 5.32 Å². The number of hydrogen-bond donors (Lipinski definition) is 1. The zero-order valence-corrected chi connectivity index (χ0v) is 9.40. The molecule has 0 unspecified atom stereocenters. The van der Waals surface area contributed by atoms with Crippen molar-refractivity contribution in [2.24, 2.45) is 7.05 Å². The summed E-state index contributed by atoms with van der Waals surface area (Å²) < 4.78 is 1.68. The van der Waals surface area contributed by atoms with Crippen LogP contribution >= 0.6 is 0 Å². The third-order valence-corrected chi connectivity index (χ3v) is 2.41. The Morgan fingerprint density at radius 3 is 3.06 bits per heavy atom. The molecule has 5 heteroatoms. The van der Waals surface area contributed by atoms with Gasteiger partial charge in [-0.05, 0) is 24.6 Å². The SMILES string of the molecule is CCCNC(=O)c1ccc2c(c1)nnn2C. The molecule has 0 aliphatic carbocycles. The fraction of sp³-hybridized carbons (Fsp3) is 0.364. The van der Waals surface area contributed by atoms with Gasteiger partial charge in [-0.15, -0.1) is 5.10 Å². The fourth-order valence-electron chi connectivity index (χ4n) is 1.52. The Morgan fingerprint density at radius 1 is 1.50 bits per heavy atom. The number of amides is 1. The lowest BCUT2D eigenvalue weighted by Crippen LogP contribution is -2.23. The third-order valence-electron chi connectivity index (χ3n) is 2.41. The van der Waals surface area contributed by atoms with Crippen LogP contribution in [0.25, 0.3) is 11.0 Å². The van der Waals surface area contributed by atoms with Crippen molar-refractivity contribution in [3.8, 4) is 0 Å². The van der Waals surface area contributed by atoms with Crippen LogP contribution in [0.3, 0.4) is 0 Å². The molecular formula is C11H14N4O. The molecule has 2 rings (SSSR count). The van der Waals surface area contributed by atoms with Crippen LogP contribution in [0.4, 0.5) is 0 Å². The van der Waals surface area contributed by atoms with E-state index in [-0.39, 0.29) is 5.91 Å². The van der Waals surface area contributed by atoms with E-state index in [9.17, 15) is 4.79 Å². The molecule has 16 heavy (non-hydrogen) atoms.